The Balaban J connectivity index is 1.74. The third-order valence-corrected chi connectivity index (χ3v) is 4.77. The highest BCUT2D eigenvalue weighted by Crippen LogP contribution is 2.32. The predicted octanol–water partition coefficient (Wildman–Crippen LogP) is 3.83. The Kier molecular flexibility index (Phi) is 3.58. The number of benzene rings is 3. The zero-order chi connectivity index (χ0) is 18.4. The summed E-state index contributed by atoms with van der Waals surface area (Å²) in [6.07, 6.45) is 0. The van der Waals surface area contributed by atoms with Crippen LogP contribution < -0.4 is 4.90 Å². The molecule has 1 heterocycles. The van der Waals surface area contributed by atoms with Crippen molar-refractivity contribution in [2.75, 3.05) is 4.90 Å². The molecule has 0 saturated heterocycles. The number of carboxylic acid groups (broad SMARTS) is 1. The molecule has 1 atom stereocenters. The number of hydrogen-bond acceptors (Lipinski definition) is 3. The van der Waals surface area contributed by atoms with Gasteiger partial charge in [-0.15, -0.1) is 0 Å². The van der Waals surface area contributed by atoms with Crippen molar-refractivity contribution in [1.82, 2.24) is 0 Å². The number of amides is 2. The SMILES string of the molecule is CC(C(=O)O)c1ccc(N2C(=O)c3cc4ccccc4cc3C2=O)cc1. The Morgan fingerprint density at radius 1 is 0.885 bits per heavy atom. The molecule has 0 bridgehead atoms. The molecule has 3 aromatic carbocycles. The highest BCUT2D eigenvalue weighted by Gasteiger charge is 2.37. The number of hydrogen-bond donors (Lipinski definition) is 1. The van der Waals surface area contributed by atoms with Gasteiger partial charge >= 0.3 is 5.97 Å². The average molecular weight is 345 g/mol. The third-order valence-electron chi connectivity index (χ3n) is 4.77. The number of anilines is 1. The highest BCUT2D eigenvalue weighted by molar-refractivity contribution is 6.35. The van der Waals surface area contributed by atoms with Crippen molar-refractivity contribution in [2.45, 2.75) is 12.8 Å². The van der Waals surface area contributed by atoms with Crippen LogP contribution in [0.1, 0.15) is 39.1 Å². The van der Waals surface area contributed by atoms with Crippen LogP contribution in [0.25, 0.3) is 10.8 Å². The largest absolute Gasteiger partial charge is 0.481 e. The normalized spacial score (nSPS) is 14.6. The first kappa shape index (κ1) is 16.0. The minimum atomic E-state index is -0.926. The van der Waals surface area contributed by atoms with Gasteiger partial charge in [-0.3, -0.25) is 14.4 Å². The smallest absolute Gasteiger partial charge is 0.310 e. The van der Waals surface area contributed by atoms with Crippen molar-refractivity contribution in [2.24, 2.45) is 0 Å². The van der Waals surface area contributed by atoms with Gasteiger partial charge in [-0.2, -0.15) is 0 Å². The van der Waals surface area contributed by atoms with Gasteiger partial charge in [0.1, 0.15) is 0 Å². The first-order valence-corrected chi connectivity index (χ1v) is 8.21. The molecule has 128 valence electrons. The molecule has 0 fully saturated rings. The van der Waals surface area contributed by atoms with Crippen LogP contribution in [0.2, 0.25) is 0 Å². The molecule has 0 aliphatic carbocycles. The number of imide groups is 1. The van der Waals surface area contributed by atoms with Gasteiger partial charge in [0.2, 0.25) is 0 Å². The number of carboxylic acids is 1. The van der Waals surface area contributed by atoms with Gasteiger partial charge in [0, 0.05) is 0 Å². The van der Waals surface area contributed by atoms with Crippen LogP contribution in [0.15, 0.2) is 60.7 Å². The fourth-order valence-electron chi connectivity index (χ4n) is 3.22. The maximum Gasteiger partial charge on any atom is 0.310 e. The van der Waals surface area contributed by atoms with Crippen LogP contribution in [0.4, 0.5) is 5.69 Å². The quantitative estimate of drug-likeness (QED) is 0.732. The predicted molar refractivity (Wildman–Crippen MR) is 97.6 cm³/mol. The number of carbonyl (C=O) groups excluding carboxylic acids is 2. The fourth-order valence-corrected chi connectivity index (χ4v) is 3.22. The molecule has 0 radical (unpaired) electrons. The number of fused-ring (bicyclic) bond motifs is 2. The summed E-state index contributed by atoms with van der Waals surface area (Å²) in [5.41, 5.74) is 1.82. The van der Waals surface area contributed by atoms with Gasteiger partial charge in [0.25, 0.3) is 11.8 Å². The van der Waals surface area contributed by atoms with E-state index in [9.17, 15) is 14.4 Å². The molecule has 0 saturated carbocycles. The second-order valence-electron chi connectivity index (χ2n) is 6.34. The summed E-state index contributed by atoms with van der Waals surface area (Å²) in [4.78, 5) is 37.8. The topological polar surface area (TPSA) is 74.7 Å². The minimum Gasteiger partial charge on any atom is -0.481 e. The van der Waals surface area contributed by atoms with E-state index < -0.39 is 11.9 Å². The lowest BCUT2D eigenvalue weighted by atomic mass is 10.0. The summed E-state index contributed by atoms with van der Waals surface area (Å²) in [7, 11) is 0. The molecule has 26 heavy (non-hydrogen) atoms. The van der Waals surface area contributed by atoms with Crippen molar-refractivity contribution in [1.29, 1.82) is 0 Å². The lowest BCUT2D eigenvalue weighted by Crippen LogP contribution is -2.29. The van der Waals surface area contributed by atoms with Crippen LogP contribution in [-0.4, -0.2) is 22.9 Å². The molecule has 1 aliphatic heterocycles. The molecule has 3 aromatic rings. The Morgan fingerprint density at radius 2 is 1.38 bits per heavy atom. The summed E-state index contributed by atoms with van der Waals surface area (Å²) in [6, 6.07) is 17.5. The summed E-state index contributed by atoms with van der Waals surface area (Å²) in [6.45, 7) is 1.59. The van der Waals surface area contributed by atoms with Gasteiger partial charge < -0.3 is 5.11 Å². The average Bonchev–Trinajstić information content (AvgIpc) is 2.89. The van der Waals surface area contributed by atoms with E-state index in [2.05, 4.69) is 0 Å². The fraction of sp³-hybridized carbons (Fsp3) is 0.0952. The zero-order valence-electron chi connectivity index (χ0n) is 14.0. The molecule has 1 aliphatic rings. The summed E-state index contributed by atoms with van der Waals surface area (Å²) >= 11 is 0. The van der Waals surface area contributed by atoms with Crippen molar-refractivity contribution >= 4 is 34.2 Å². The third kappa shape index (κ3) is 2.37. The van der Waals surface area contributed by atoms with E-state index in [0.29, 0.717) is 22.4 Å². The lowest BCUT2D eigenvalue weighted by molar-refractivity contribution is -0.138. The highest BCUT2D eigenvalue weighted by atomic mass is 16.4. The van der Waals surface area contributed by atoms with Gasteiger partial charge in [0.15, 0.2) is 0 Å². The monoisotopic (exact) mass is 345 g/mol. The van der Waals surface area contributed by atoms with E-state index in [1.807, 2.05) is 24.3 Å². The molecule has 5 heteroatoms. The van der Waals surface area contributed by atoms with Crippen LogP contribution in [0.5, 0.6) is 0 Å². The van der Waals surface area contributed by atoms with E-state index in [1.54, 1.807) is 43.3 Å². The van der Waals surface area contributed by atoms with Crippen LogP contribution in [0, 0.1) is 0 Å². The van der Waals surface area contributed by atoms with Crippen LogP contribution in [0.3, 0.4) is 0 Å². The summed E-state index contributed by atoms with van der Waals surface area (Å²) < 4.78 is 0. The molecule has 5 nitrogen and oxygen atoms in total. The number of rotatable bonds is 3. The summed E-state index contributed by atoms with van der Waals surface area (Å²) in [5, 5.41) is 10.9. The molecular formula is C21H15NO4. The Bertz CT molecular complexity index is 1010. The van der Waals surface area contributed by atoms with E-state index in [4.69, 9.17) is 5.11 Å². The lowest BCUT2D eigenvalue weighted by Gasteiger charge is -2.15. The second-order valence-corrected chi connectivity index (χ2v) is 6.34. The van der Waals surface area contributed by atoms with E-state index >= 15 is 0 Å². The second kappa shape index (κ2) is 5.81. The number of nitrogens with zero attached hydrogens (tertiary/aromatic N) is 1. The van der Waals surface area contributed by atoms with Crippen molar-refractivity contribution < 1.29 is 19.5 Å². The van der Waals surface area contributed by atoms with Crippen LogP contribution >= 0.6 is 0 Å². The van der Waals surface area contributed by atoms with Crippen molar-refractivity contribution in [3.8, 4) is 0 Å². The maximum atomic E-state index is 12.8. The molecule has 1 unspecified atom stereocenters. The minimum absolute atomic E-state index is 0.366. The Hall–Kier alpha value is -3.47. The molecular weight excluding hydrogens is 330 g/mol. The van der Waals surface area contributed by atoms with Gasteiger partial charge in [-0.1, -0.05) is 36.4 Å². The standard InChI is InChI=1S/C21H15NO4/c1-12(21(25)26)13-6-8-16(9-7-13)22-19(23)17-10-14-4-2-3-5-15(14)11-18(17)20(22)24/h2-12H,1H3,(H,25,26). The molecule has 0 aromatic heterocycles. The van der Waals surface area contributed by atoms with Gasteiger partial charge in [0.05, 0.1) is 22.7 Å². The first-order chi connectivity index (χ1) is 12.5. The van der Waals surface area contributed by atoms with Gasteiger partial charge in [-0.25, -0.2) is 4.90 Å². The number of aliphatic carboxylic acids is 1. The molecule has 0 spiro atoms. The summed E-state index contributed by atoms with van der Waals surface area (Å²) in [5.74, 6) is -2.31. The maximum absolute atomic E-state index is 12.8. The molecule has 1 N–H and O–H groups in total. The van der Waals surface area contributed by atoms with Crippen molar-refractivity contribution in [3.63, 3.8) is 0 Å². The molecule has 2 amide bonds. The van der Waals surface area contributed by atoms with Crippen LogP contribution in [-0.2, 0) is 4.79 Å². The Morgan fingerprint density at radius 3 is 1.85 bits per heavy atom. The van der Waals surface area contributed by atoms with E-state index in [-0.39, 0.29) is 11.8 Å². The van der Waals surface area contributed by atoms with Gasteiger partial charge in [-0.05, 0) is 47.5 Å². The van der Waals surface area contributed by atoms with E-state index in [1.165, 1.54) is 0 Å². The molecule has 4 rings (SSSR count). The Labute approximate surface area is 149 Å². The first-order valence-electron chi connectivity index (χ1n) is 8.21. The number of carbonyl (C=O) groups is 3. The zero-order valence-corrected chi connectivity index (χ0v) is 14.0. The van der Waals surface area contributed by atoms with E-state index in [0.717, 1.165) is 15.7 Å². The van der Waals surface area contributed by atoms with Crippen molar-refractivity contribution in [3.05, 3.63) is 77.4 Å².